The van der Waals surface area contributed by atoms with Gasteiger partial charge in [0.15, 0.2) is 6.10 Å². The largest absolute Gasteiger partial charge is 0.462 e. The molecule has 0 aromatic carbocycles. The number of allylic oxidation sites excluding steroid dienone is 12. The predicted octanol–water partition coefficient (Wildman–Crippen LogP) is 16.9. The molecule has 0 aliphatic heterocycles. The molecule has 0 saturated carbocycles. The first kappa shape index (κ1) is 57.3. The molecular formula is C55H96O5. The van der Waals surface area contributed by atoms with Gasteiger partial charge in [-0.2, -0.15) is 0 Å². The van der Waals surface area contributed by atoms with Crippen molar-refractivity contribution in [2.45, 2.75) is 251 Å². The first-order valence-corrected chi connectivity index (χ1v) is 25.5. The Bertz CT molecular complexity index is 1080. The standard InChI is InChI=1S/C55H96O5/c1-3-5-7-9-11-13-15-17-19-20-21-22-23-24-25-26-27-28-29-30-31-32-33-34-36-38-40-42-44-46-48-50-55(58)60-53(51-56)52-59-54(57)49-47-45-43-41-39-37-35-18-16-14-12-10-8-6-4-2/h5,7,11,13,17,19,21-22,24-25,27-28,53,56H,3-4,6,8-10,12,14-16,18,20,23,26,29-52H2,1-2H3/b7-5-,13-11-,19-17-,22-21-,25-24-,28-27-. The molecule has 60 heavy (non-hydrogen) atoms. The van der Waals surface area contributed by atoms with E-state index in [4.69, 9.17) is 9.47 Å². The molecule has 0 fully saturated rings. The number of hydrogen-bond donors (Lipinski definition) is 1. The number of hydrogen-bond acceptors (Lipinski definition) is 5. The average molecular weight is 837 g/mol. The molecule has 0 aliphatic rings. The molecule has 0 rings (SSSR count). The van der Waals surface area contributed by atoms with Crippen LogP contribution in [-0.4, -0.2) is 36.4 Å². The van der Waals surface area contributed by atoms with Crippen LogP contribution in [0.5, 0.6) is 0 Å². The molecule has 0 saturated heterocycles. The first-order valence-electron chi connectivity index (χ1n) is 25.5. The third-order valence-electron chi connectivity index (χ3n) is 11.0. The molecule has 5 heteroatoms. The number of aliphatic hydroxyl groups is 1. The van der Waals surface area contributed by atoms with Crippen molar-refractivity contribution >= 4 is 11.9 Å². The molecule has 0 heterocycles. The van der Waals surface area contributed by atoms with E-state index in [-0.39, 0.29) is 25.2 Å². The first-order chi connectivity index (χ1) is 29.6. The molecule has 0 spiro atoms. The van der Waals surface area contributed by atoms with Crippen LogP contribution in [0.2, 0.25) is 0 Å². The lowest BCUT2D eigenvalue weighted by molar-refractivity contribution is -0.161. The quantitative estimate of drug-likeness (QED) is 0.0376. The van der Waals surface area contributed by atoms with Crippen molar-refractivity contribution in [3.63, 3.8) is 0 Å². The van der Waals surface area contributed by atoms with Gasteiger partial charge in [0, 0.05) is 12.8 Å². The monoisotopic (exact) mass is 837 g/mol. The summed E-state index contributed by atoms with van der Waals surface area (Å²) in [7, 11) is 0. The van der Waals surface area contributed by atoms with Crippen molar-refractivity contribution in [2.24, 2.45) is 0 Å². The van der Waals surface area contributed by atoms with Gasteiger partial charge in [0.1, 0.15) is 6.61 Å². The lowest BCUT2D eigenvalue weighted by Crippen LogP contribution is -2.28. The summed E-state index contributed by atoms with van der Waals surface area (Å²) < 4.78 is 10.7. The Hall–Kier alpha value is -2.66. The van der Waals surface area contributed by atoms with Crippen LogP contribution in [0.25, 0.3) is 0 Å². The van der Waals surface area contributed by atoms with Gasteiger partial charge in [-0.3, -0.25) is 9.59 Å². The fraction of sp³-hybridized carbons (Fsp3) is 0.745. The highest BCUT2D eigenvalue weighted by molar-refractivity contribution is 5.70. The fourth-order valence-electron chi connectivity index (χ4n) is 7.21. The van der Waals surface area contributed by atoms with Crippen molar-refractivity contribution in [1.82, 2.24) is 0 Å². The Morgan fingerprint density at radius 2 is 0.717 bits per heavy atom. The van der Waals surface area contributed by atoms with Crippen LogP contribution in [0.4, 0.5) is 0 Å². The van der Waals surface area contributed by atoms with Crippen molar-refractivity contribution in [3.8, 4) is 0 Å². The molecule has 0 radical (unpaired) electrons. The van der Waals surface area contributed by atoms with Crippen molar-refractivity contribution < 1.29 is 24.2 Å². The second-order valence-corrected chi connectivity index (χ2v) is 16.9. The lowest BCUT2D eigenvalue weighted by atomic mass is 10.0. The number of carbonyl (C=O) groups is 2. The van der Waals surface area contributed by atoms with Gasteiger partial charge < -0.3 is 14.6 Å². The van der Waals surface area contributed by atoms with E-state index >= 15 is 0 Å². The summed E-state index contributed by atoms with van der Waals surface area (Å²) in [5, 5.41) is 9.62. The number of ether oxygens (including phenoxy) is 2. The van der Waals surface area contributed by atoms with Gasteiger partial charge in [-0.1, -0.05) is 241 Å². The van der Waals surface area contributed by atoms with E-state index in [1.54, 1.807) is 0 Å². The van der Waals surface area contributed by atoms with Crippen LogP contribution in [0.15, 0.2) is 72.9 Å². The van der Waals surface area contributed by atoms with Crippen molar-refractivity contribution in [1.29, 1.82) is 0 Å². The Balaban J connectivity index is 3.51. The van der Waals surface area contributed by atoms with E-state index < -0.39 is 6.10 Å². The Labute approximate surface area is 372 Å². The minimum absolute atomic E-state index is 0.0653. The maximum Gasteiger partial charge on any atom is 0.306 e. The molecule has 346 valence electrons. The summed E-state index contributed by atoms with van der Waals surface area (Å²) in [5.41, 5.74) is 0. The number of unbranched alkanes of at least 4 members (excludes halogenated alkanes) is 26. The zero-order valence-electron chi connectivity index (χ0n) is 39.5. The number of esters is 2. The van der Waals surface area contributed by atoms with E-state index in [2.05, 4.69) is 86.8 Å². The van der Waals surface area contributed by atoms with E-state index in [0.29, 0.717) is 12.8 Å². The van der Waals surface area contributed by atoms with Gasteiger partial charge in [-0.05, 0) is 64.2 Å². The highest BCUT2D eigenvalue weighted by Gasteiger charge is 2.16. The molecule has 0 aromatic rings. The molecular weight excluding hydrogens is 741 g/mol. The van der Waals surface area contributed by atoms with Gasteiger partial charge in [-0.25, -0.2) is 0 Å². The van der Waals surface area contributed by atoms with Crippen LogP contribution in [0.1, 0.15) is 245 Å². The minimum atomic E-state index is -0.773. The highest BCUT2D eigenvalue weighted by atomic mass is 16.6. The van der Waals surface area contributed by atoms with Crippen molar-refractivity contribution in [2.75, 3.05) is 13.2 Å². The number of carbonyl (C=O) groups excluding carboxylic acids is 2. The Morgan fingerprint density at radius 1 is 0.400 bits per heavy atom. The smallest absolute Gasteiger partial charge is 0.306 e. The average Bonchev–Trinajstić information content (AvgIpc) is 3.25. The van der Waals surface area contributed by atoms with E-state index in [1.807, 2.05) is 0 Å². The molecule has 1 atom stereocenters. The minimum Gasteiger partial charge on any atom is -0.462 e. The van der Waals surface area contributed by atoms with Crippen LogP contribution in [0, 0.1) is 0 Å². The van der Waals surface area contributed by atoms with Crippen LogP contribution >= 0.6 is 0 Å². The Morgan fingerprint density at radius 3 is 1.08 bits per heavy atom. The van der Waals surface area contributed by atoms with E-state index in [0.717, 1.165) is 77.0 Å². The van der Waals surface area contributed by atoms with Crippen LogP contribution in [-0.2, 0) is 19.1 Å². The molecule has 0 bridgehead atoms. The van der Waals surface area contributed by atoms with Crippen LogP contribution < -0.4 is 0 Å². The van der Waals surface area contributed by atoms with Gasteiger partial charge >= 0.3 is 11.9 Å². The molecule has 1 N–H and O–H groups in total. The predicted molar refractivity (Wildman–Crippen MR) is 260 cm³/mol. The second-order valence-electron chi connectivity index (χ2n) is 16.9. The van der Waals surface area contributed by atoms with Gasteiger partial charge in [-0.15, -0.1) is 0 Å². The summed E-state index contributed by atoms with van der Waals surface area (Å²) in [6.07, 6.45) is 68.5. The van der Waals surface area contributed by atoms with Crippen molar-refractivity contribution in [3.05, 3.63) is 72.9 Å². The van der Waals surface area contributed by atoms with E-state index in [1.165, 1.54) is 141 Å². The van der Waals surface area contributed by atoms with Gasteiger partial charge in [0.2, 0.25) is 0 Å². The third-order valence-corrected chi connectivity index (χ3v) is 11.0. The fourth-order valence-corrected chi connectivity index (χ4v) is 7.21. The maximum absolute atomic E-state index is 12.3. The molecule has 0 amide bonds. The molecule has 5 nitrogen and oxygen atoms in total. The van der Waals surface area contributed by atoms with Gasteiger partial charge in [0.05, 0.1) is 6.61 Å². The lowest BCUT2D eigenvalue weighted by Gasteiger charge is -2.15. The molecule has 0 aromatic heterocycles. The highest BCUT2D eigenvalue weighted by Crippen LogP contribution is 2.16. The Kier molecular flexibility index (Phi) is 48.4. The maximum atomic E-state index is 12.3. The summed E-state index contributed by atoms with van der Waals surface area (Å²) >= 11 is 0. The van der Waals surface area contributed by atoms with Gasteiger partial charge in [0.25, 0.3) is 0 Å². The van der Waals surface area contributed by atoms with Crippen LogP contribution in [0.3, 0.4) is 0 Å². The number of aliphatic hydroxyl groups excluding tert-OH is 1. The summed E-state index contributed by atoms with van der Waals surface area (Å²) in [6, 6.07) is 0. The summed E-state index contributed by atoms with van der Waals surface area (Å²) in [5.74, 6) is -0.586. The zero-order chi connectivity index (χ0) is 43.5. The second kappa shape index (κ2) is 50.7. The molecule has 0 aliphatic carbocycles. The summed E-state index contributed by atoms with van der Waals surface area (Å²) in [6.45, 7) is 4.04. The van der Waals surface area contributed by atoms with E-state index in [9.17, 15) is 14.7 Å². The number of rotatable bonds is 46. The third kappa shape index (κ3) is 48.0. The normalized spacial score (nSPS) is 12.8. The SMILES string of the molecule is CC/C=C\C/C=C\C/C=C\C/C=C\C/C=C\C/C=C\CCCCCCCCCCCCCCC(=O)OC(CO)COC(=O)CCCCCCCCCCCCCCCCC. The topological polar surface area (TPSA) is 72.8 Å². The summed E-state index contributed by atoms with van der Waals surface area (Å²) in [4.78, 5) is 24.4. The molecule has 1 unspecified atom stereocenters. The zero-order valence-corrected chi connectivity index (χ0v) is 39.5.